The predicted octanol–water partition coefficient (Wildman–Crippen LogP) is 4.40. The molecule has 3 heterocycles. The van der Waals surface area contributed by atoms with Crippen molar-refractivity contribution in [3.8, 4) is 5.75 Å². The highest BCUT2D eigenvalue weighted by Gasteiger charge is 2.42. The van der Waals surface area contributed by atoms with Crippen molar-refractivity contribution in [1.29, 1.82) is 0 Å². The fourth-order valence-corrected chi connectivity index (χ4v) is 6.80. The van der Waals surface area contributed by atoms with Crippen molar-refractivity contribution in [3.63, 3.8) is 0 Å². The molecule has 0 spiro atoms. The number of piperazine rings is 1. The van der Waals surface area contributed by atoms with Crippen LogP contribution in [0.3, 0.4) is 0 Å². The number of rotatable bonds is 5. The van der Waals surface area contributed by atoms with E-state index in [1.165, 1.54) is 6.20 Å². The van der Waals surface area contributed by atoms with Crippen LogP contribution in [0.2, 0.25) is 0 Å². The summed E-state index contributed by atoms with van der Waals surface area (Å²) < 4.78 is 31.7. The Morgan fingerprint density at radius 1 is 1.17 bits per heavy atom. The first-order valence-electron chi connectivity index (χ1n) is 13.5. The Kier molecular flexibility index (Phi) is 7.88. The Balaban J connectivity index is 1.51. The number of fused-ring (bicyclic) bond motifs is 3. The molecule has 0 radical (unpaired) electrons. The van der Waals surface area contributed by atoms with Gasteiger partial charge in [-0.1, -0.05) is 37.6 Å². The van der Waals surface area contributed by atoms with E-state index in [9.17, 15) is 13.2 Å². The Morgan fingerprint density at radius 2 is 1.93 bits per heavy atom. The number of carbonyl (C=O) groups excluding carboxylic acids is 1. The molecule has 12 heteroatoms. The molecule has 0 aromatic heterocycles. The van der Waals surface area contributed by atoms with Gasteiger partial charge < -0.3 is 25.6 Å². The number of hydrogen-bond donors (Lipinski definition) is 3. The number of amides is 1. The molecule has 2 aromatic rings. The van der Waals surface area contributed by atoms with Crippen molar-refractivity contribution in [2.75, 3.05) is 37.4 Å². The molecule has 218 valence electrons. The molecule has 0 bridgehead atoms. The van der Waals surface area contributed by atoms with Gasteiger partial charge >= 0.3 is 0 Å². The highest BCUT2D eigenvalue weighted by molar-refractivity contribution is 7.92. The molecule has 1 amide bonds. The van der Waals surface area contributed by atoms with E-state index in [2.05, 4.69) is 39.8 Å². The van der Waals surface area contributed by atoms with Crippen LogP contribution in [0, 0.1) is 0 Å². The van der Waals surface area contributed by atoms with Crippen LogP contribution in [0.1, 0.15) is 51.3 Å². The molecule has 1 unspecified atom stereocenters. The van der Waals surface area contributed by atoms with Gasteiger partial charge in [-0.25, -0.2) is 13.4 Å². The van der Waals surface area contributed by atoms with Crippen molar-refractivity contribution in [3.05, 3.63) is 58.8 Å². The summed E-state index contributed by atoms with van der Waals surface area (Å²) in [4.78, 5) is 24.0. The number of ether oxygens (including phenoxy) is 1. The summed E-state index contributed by atoms with van der Waals surface area (Å²) in [6, 6.07) is 10.6. The number of para-hydroxylation sites is 1. The molecule has 1 atom stereocenters. The Labute approximate surface area is 245 Å². The number of aliphatic imine (C=N–C) groups is 2. The Morgan fingerprint density at radius 3 is 2.66 bits per heavy atom. The second kappa shape index (κ2) is 11.1. The lowest BCUT2D eigenvalue weighted by Crippen LogP contribution is -2.56. The predicted molar refractivity (Wildman–Crippen MR) is 163 cm³/mol. The fourth-order valence-electron chi connectivity index (χ4n) is 5.43. The van der Waals surface area contributed by atoms with E-state index >= 15 is 0 Å². The summed E-state index contributed by atoms with van der Waals surface area (Å²) in [5, 5.41) is 9.52. The second-order valence-electron chi connectivity index (χ2n) is 11.3. The molecule has 5 rings (SSSR count). The minimum absolute atomic E-state index is 0.0818. The van der Waals surface area contributed by atoms with E-state index in [1.54, 1.807) is 45.2 Å². The molecule has 1 saturated heterocycles. The topological polar surface area (TPSA) is 124 Å². The van der Waals surface area contributed by atoms with E-state index in [0.29, 0.717) is 47.6 Å². The molecule has 0 aliphatic carbocycles. The number of hydrogen-bond acceptors (Lipinski definition) is 9. The van der Waals surface area contributed by atoms with Gasteiger partial charge in [0.05, 0.1) is 41.2 Å². The summed E-state index contributed by atoms with van der Waals surface area (Å²) in [7, 11) is -1.94. The van der Waals surface area contributed by atoms with Crippen LogP contribution in [0.4, 0.5) is 11.4 Å². The number of nitrogens with zero attached hydrogens (tertiary/aromatic N) is 3. The lowest BCUT2D eigenvalue weighted by Gasteiger charge is -2.47. The number of amidine groups is 1. The zero-order valence-electron chi connectivity index (χ0n) is 23.8. The zero-order valence-corrected chi connectivity index (χ0v) is 25.4. The van der Waals surface area contributed by atoms with Crippen LogP contribution >= 0.6 is 11.6 Å². The van der Waals surface area contributed by atoms with E-state index in [0.717, 1.165) is 11.1 Å². The smallest absolute Gasteiger partial charge is 0.237 e. The summed E-state index contributed by atoms with van der Waals surface area (Å²) >= 11 is 6.42. The summed E-state index contributed by atoms with van der Waals surface area (Å²) in [5.74, 6) is 1.36. The average molecular weight is 599 g/mol. The molecule has 3 aliphatic rings. The number of halogens is 1. The molecule has 0 saturated carbocycles. The lowest BCUT2D eigenvalue weighted by molar-refractivity contribution is -0.136. The quantitative estimate of drug-likeness (QED) is 0.466. The van der Waals surface area contributed by atoms with E-state index in [1.807, 2.05) is 17.0 Å². The number of anilines is 2. The van der Waals surface area contributed by atoms with Gasteiger partial charge in [-0.05, 0) is 49.2 Å². The normalized spacial score (nSPS) is 20.3. The first-order valence-corrected chi connectivity index (χ1v) is 15.4. The first-order chi connectivity index (χ1) is 19.4. The van der Waals surface area contributed by atoms with Gasteiger partial charge in [-0.15, -0.1) is 0 Å². The number of nitrogens with one attached hydrogen (secondary N) is 3. The van der Waals surface area contributed by atoms with Crippen molar-refractivity contribution >= 4 is 50.5 Å². The maximum Gasteiger partial charge on any atom is 0.237 e. The van der Waals surface area contributed by atoms with Crippen LogP contribution in [0.5, 0.6) is 5.75 Å². The molecule has 2 aromatic carbocycles. The Bertz CT molecular complexity index is 1580. The third-order valence-corrected chi connectivity index (χ3v) is 10.0. The third-order valence-electron chi connectivity index (χ3n) is 7.58. The maximum atomic E-state index is 13.0. The highest BCUT2D eigenvalue weighted by atomic mass is 35.5. The minimum Gasteiger partial charge on any atom is -0.495 e. The minimum atomic E-state index is -3.54. The SMILES string of the molecule is COc1cc2c(cc1NC1=NC=C(Cl)CC(Nc3ccccc3S(=O)(=O)C(C)C)=N1)C1CNCC(=O)N1CC2(C)C. The van der Waals surface area contributed by atoms with Crippen molar-refractivity contribution in [2.45, 2.75) is 55.7 Å². The van der Waals surface area contributed by atoms with Crippen LogP contribution in [0.25, 0.3) is 0 Å². The van der Waals surface area contributed by atoms with Crippen molar-refractivity contribution in [1.82, 2.24) is 10.2 Å². The van der Waals surface area contributed by atoms with E-state index in [-0.39, 0.29) is 34.6 Å². The molecule has 10 nitrogen and oxygen atoms in total. The van der Waals surface area contributed by atoms with Crippen molar-refractivity contribution < 1.29 is 17.9 Å². The fraction of sp³-hybridized carbons (Fsp3) is 0.414. The molecular formula is C29H35ClN6O4S. The monoisotopic (exact) mass is 598 g/mol. The van der Waals surface area contributed by atoms with Crippen LogP contribution in [-0.2, 0) is 20.0 Å². The molecular weight excluding hydrogens is 564 g/mol. The van der Waals surface area contributed by atoms with E-state index in [4.69, 9.17) is 16.3 Å². The molecule has 3 aliphatic heterocycles. The molecule has 1 fully saturated rings. The van der Waals surface area contributed by atoms with Gasteiger partial charge in [0.15, 0.2) is 9.84 Å². The van der Waals surface area contributed by atoms with Crippen LogP contribution < -0.4 is 20.7 Å². The number of sulfone groups is 1. The Hall–Kier alpha value is -3.41. The average Bonchev–Trinajstić information content (AvgIpc) is 3.09. The van der Waals surface area contributed by atoms with Crippen molar-refractivity contribution in [2.24, 2.45) is 9.98 Å². The number of benzene rings is 2. The second-order valence-corrected chi connectivity index (χ2v) is 14.3. The van der Waals surface area contributed by atoms with Gasteiger partial charge in [0.2, 0.25) is 11.9 Å². The standard InChI is InChI=1S/C29H35ClN6O4S/c1-17(2)41(38,39)25-9-7-6-8-21(25)33-26-10-18(30)13-32-28(35-26)34-22-11-19-20(12-24(22)40-5)29(3,4)16-36-23(19)14-31-15-27(36)37/h6-9,11-13,17,23,31H,10,14-16H2,1-5H3,(H2,32,33,34,35). The first kappa shape index (κ1) is 29.1. The maximum absolute atomic E-state index is 13.0. The molecule has 41 heavy (non-hydrogen) atoms. The van der Waals surface area contributed by atoms with Gasteiger partial charge in [-0.3, -0.25) is 4.79 Å². The number of methoxy groups -OCH3 is 1. The highest BCUT2D eigenvalue weighted by Crippen LogP contribution is 2.44. The number of carbonyl (C=O) groups is 1. The summed E-state index contributed by atoms with van der Waals surface area (Å²) in [6.45, 7) is 9.18. The van der Waals surface area contributed by atoms with Gasteiger partial charge in [0.25, 0.3) is 0 Å². The van der Waals surface area contributed by atoms with Gasteiger partial charge in [0, 0.05) is 36.2 Å². The largest absolute Gasteiger partial charge is 0.495 e. The van der Waals surface area contributed by atoms with E-state index < -0.39 is 15.1 Å². The molecule has 3 N–H and O–H groups in total. The zero-order chi connectivity index (χ0) is 29.5. The van der Waals surface area contributed by atoms with Crippen LogP contribution in [0.15, 0.2) is 62.5 Å². The van der Waals surface area contributed by atoms with Gasteiger partial charge in [0.1, 0.15) is 11.6 Å². The van der Waals surface area contributed by atoms with Gasteiger partial charge in [-0.2, -0.15) is 4.99 Å². The summed E-state index contributed by atoms with van der Waals surface area (Å²) in [5.41, 5.74) is 2.94. The third kappa shape index (κ3) is 5.71. The summed E-state index contributed by atoms with van der Waals surface area (Å²) in [6.07, 6.45) is 1.74. The van der Waals surface area contributed by atoms with Crippen LogP contribution in [-0.4, -0.2) is 63.0 Å². The lowest BCUT2D eigenvalue weighted by atomic mass is 9.74. The number of guanidine groups is 1.